The summed E-state index contributed by atoms with van der Waals surface area (Å²) in [6.07, 6.45) is 10.3. The van der Waals surface area contributed by atoms with Crippen molar-refractivity contribution in [2.24, 2.45) is 0 Å². The first-order valence-corrected chi connectivity index (χ1v) is 4.90. The van der Waals surface area contributed by atoms with Crippen molar-refractivity contribution in [2.75, 3.05) is 0 Å². The standard InChI is InChI=1S/C8H8N4OS/c13-7-14-8(11-3-1-9-5-11)12-4-2-10-6-12/h1-8H. The van der Waals surface area contributed by atoms with Crippen LogP contribution in [0.4, 0.5) is 0 Å². The van der Waals surface area contributed by atoms with Crippen LogP contribution in [0.2, 0.25) is 0 Å². The predicted molar refractivity (Wildman–Crippen MR) is 53.2 cm³/mol. The minimum atomic E-state index is -0.141. The fourth-order valence-electron chi connectivity index (χ4n) is 1.14. The molecule has 2 aromatic rings. The molecule has 0 unspecified atom stereocenters. The summed E-state index contributed by atoms with van der Waals surface area (Å²) in [5.74, 6) is 0. The summed E-state index contributed by atoms with van der Waals surface area (Å²) in [4.78, 5) is 18.4. The van der Waals surface area contributed by atoms with Gasteiger partial charge in [0.25, 0.3) is 0 Å². The van der Waals surface area contributed by atoms with Crippen molar-refractivity contribution >= 4 is 17.4 Å². The van der Waals surface area contributed by atoms with Crippen LogP contribution >= 0.6 is 11.8 Å². The van der Waals surface area contributed by atoms with Crippen molar-refractivity contribution in [2.45, 2.75) is 5.50 Å². The number of thioether (sulfide) groups is 1. The lowest BCUT2D eigenvalue weighted by Crippen LogP contribution is -2.11. The highest BCUT2D eigenvalue weighted by Gasteiger charge is 2.11. The summed E-state index contributed by atoms with van der Waals surface area (Å²) in [6.45, 7) is 0. The van der Waals surface area contributed by atoms with Crippen LogP contribution < -0.4 is 0 Å². The lowest BCUT2D eigenvalue weighted by Gasteiger charge is -2.15. The van der Waals surface area contributed by atoms with Crippen LogP contribution in [-0.4, -0.2) is 24.7 Å². The third kappa shape index (κ3) is 1.69. The zero-order valence-electron chi connectivity index (χ0n) is 7.22. The highest BCUT2D eigenvalue weighted by atomic mass is 32.2. The van der Waals surface area contributed by atoms with E-state index in [0.29, 0.717) is 0 Å². The molecule has 0 fully saturated rings. The first kappa shape index (κ1) is 9.01. The van der Waals surface area contributed by atoms with E-state index in [1.807, 2.05) is 9.13 Å². The van der Waals surface area contributed by atoms with Gasteiger partial charge in [-0.1, -0.05) is 0 Å². The van der Waals surface area contributed by atoms with Crippen molar-refractivity contribution in [1.29, 1.82) is 0 Å². The van der Waals surface area contributed by atoms with Gasteiger partial charge in [-0.2, -0.15) is 0 Å². The van der Waals surface area contributed by atoms with Gasteiger partial charge in [-0.25, -0.2) is 9.97 Å². The average Bonchev–Trinajstić information content (AvgIpc) is 2.87. The van der Waals surface area contributed by atoms with E-state index >= 15 is 0 Å². The van der Waals surface area contributed by atoms with E-state index in [-0.39, 0.29) is 5.50 Å². The van der Waals surface area contributed by atoms with Crippen LogP contribution in [0.1, 0.15) is 5.50 Å². The second-order valence-corrected chi connectivity index (χ2v) is 3.46. The van der Waals surface area contributed by atoms with Gasteiger partial charge in [0.15, 0.2) is 11.1 Å². The molecule has 0 saturated carbocycles. The fraction of sp³-hybridized carbons (Fsp3) is 0.125. The number of hydrogen-bond donors (Lipinski definition) is 0. The van der Waals surface area contributed by atoms with Crippen molar-refractivity contribution in [1.82, 2.24) is 19.1 Å². The lowest BCUT2D eigenvalue weighted by atomic mass is 10.8. The van der Waals surface area contributed by atoms with Crippen LogP contribution in [-0.2, 0) is 4.79 Å². The van der Waals surface area contributed by atoms with E-state index in [2.05, 4.69) is 9.97 Å². The van der Waals surface area contributed by atoms with E-state index in [1.165, 1.54) is 0 Å². The van der Waals surface area contributed by atoms with E-state index in [1.54, 1.807) is 37.4 Å². The lowest BCUT2D eigenvalue weighted by molar-refractivity contribution is 0.564. The van der Waals surface area contributed by atoms with Gasteiger partial charge < -0.3 is 9.13 Å². The summed E-state index contributed by atoms with van der Waals surface area (Å²) in [5.41, 5.74) is 0.669. The Kier molecular flexibility index (Phi) is 2.64. The van der Waals surface area contributed by atoms with Gasteiger partial charge in [-0.05, 0) is 11.8 Å². The molecule has 0 radical (unpaired) electrons. The van der Waals surface area contributed by atoms with Crippen molar-refractivity contribution < 1.29 is 4.79 Å². The minimum Gasteiger partial charge on any atom is -0.307 e. The molecule has 0 spiro atoms. The molecule has 2 heterocycles. The number of carbonyl (C=O) groups is 1. The molecule has 2 aromatic heterocycles. The largest absolute Gasteiger partial charge is 0.307 e. The molecule has 0 atom stereocenters. The van der Waals surface area contributed by atoms with Gasteiger partial charge in [0, 0.05) is 24.8 Å². The molecular formula is C8H8N4OS. The summed E-state index contributed by atoms with van der Waals surface area (Å²) >= 11 is 1.16. The molecule has 0 amide bonds. The predicted octanol–water partition coefficient (Wildman–Crippen LogP) is 1.01. The van der Waals surface area contributed by atoms with E-state index < -0.39 is 0 Å². The summed E-state index contributed by atoms with van der Waals surface area (Å²) in [5, 5.41) is 0. The van der Waals surface area contributed by atoms with Crippen molar-refractivity contribution in [3.63, 3.8) is 0 Å². The smallest absolute Gasteiger partial charge is 0.179 e. The van der Waals surface area contributed by atoms with Gasteiger partial charge in [0.2, 0.25) is 0 Å². The molecule has 2 rings (SSSR count). The Labute approximate surface area is 84.8 Å². The van der Waals surface area contributed by atoms with E-state index in [4.69, 9.17) is 0 Å². The SMILES string of the molecule is O=CSC(n1ccnc1)n1ccnc1. The maximum Gasteiger partial charge on any atom is 0.179 e. The number of rotatable bonds is 4. The van der Waals surface area contributed by atoms with Crippen molar-refractivity contribution in [3.05, 3.63) is 37.4 Å². The first-order chi connectivity index (χ1) is 6.92. The van der Waals surface area contributed by atoms with Gasteiger partial charge in [-0.15, -0.1) is 0 Å². The molecule has 14 heavy (non-hydrogen) atoms. The minimum absolute atomic E-state index is 0.141. The Morgan fingerprint density at radius 3 is 2.07 bits per heavy atom. The second-order valence-electron chi connectivity index (χ2n) is 2.58. The Hall–Kier alpha value is -1.56. The zero-order chi connectivity index (χ0) is 9.80. The maximum absolute atomic E-state index is 10.5. The molecule has 0 N–H and O–H groups in total. The van der Waals surface area contributed by atoms with E-state index in [9.17, 15) is 4.79 Å². The number of hydrogen-bond acceptors (Lipinski definition) is 4. The number of imidazole rings is 2. The molecule has 72 valence electrons. The summed E-state index contributed by atoms with van der Waals surface area (Å²) < 4.78 is 3.67. The normalized spacial score (nSPS) is 10.6. The fourth-order valence-corrected chi connectivity index (χ4v) is 1.77. The van der Waals surface area contributed by atoms with Gasteiger partial charge >= 0.3 is 0 Å². The Balaban J connectivity index is 2.29. The molecule has 0 saturated heterocycles. The molecule has 0 bridgehead atoms. The van der Waals surface area contributed by atoms with Gasteiger partial charge in [-0.3, -0.25) is 4.79 Å². The Bertz CT molecular complexity index is 349. The topological polar surface area (TPSA) is 52.7 Å². The summed E-state index contributed by atoms with van der Waals surface area (Å²) in [7, 11) is 0. The Morgan fingerprint density at radius 1 is 1.14 bits per heavy atom. The van der Waals surface area contributed by atoms with E-state index in [0.717, 1.165) is 17.4 Å². The molecule has 0 aliphatic carbocycles. The highest BCUT2D eigenvalue weighted by Crippen LogP contribution is 2.21. The average molecular weight is 208 g/mol. The van der Waals surface area contributed by atoms with Crippen LogP contribution in [0.3, 0.4) is 0 Å². The second kappa shape index (κ2) is 4.10. The van der Waals surface area contributed by atoms with Crippen LogP contribution in [0.5, 0.6) is 0 Å². The molecule has 0 aromatic carbocycles. The molecule has 0 aliphatic rings. The summed E-state index contributed by atoms with van der Waals surface area (Å²) in [6, 6.07) is 0. The number of aromatic nitrogens is 4. The van der Waals surface area contributed by atoms with Crippen LogP contribution in [0.25, 0.3) is 0 Å². The monoisotopic (exact) mass is 208 g/mol. The van der Waals surface area contributed by atoms with Gasteiger partial charge in [0.1, 0.15) is 0 Å². The third-order valence-electron chi connectivity index (χ3n) is 1.74. The van der Waals surface area contributed by atoms with Crippen LogP contribution in [0, 0.1) is 0 Å². The quantitative estimate of drug-likeness (QED) is 0.703. The number of carbonyl (C=O) groups excluding carboxylic acids is 1. The molecule has 6 heteroatoms. The van der Waals surface area contributed by atoms with Crippen LogP contribution in [0.15, 0.2) is 37.4 Å². The molecular weight excluding hydrogens is 200 g/mol. The number of nitrogens with zero attached hydrogens (tertiary/aromatic N) is 4. The molecule has 5 nitrogen and oxygen atoms in total. The van der Waals surface area contributed by atoms with Gasteiger partial charge in [0.05, 0.1) is 12.7 Å². The maximum atomic E-state index is 10.5. The zero-order valence-corrected chi connectivity index (χ0v) is 8.04. The highest BCUT2D eigenvalue weighted by molar-refractivity contribution is 8.11. The third-order valence-corrected chi connectivity index (χ3v) is 2.58. The van der Waals surface area contributed by atoms with Crippen molar-refractivity contribution in [3.8, 4) is 0 Å². The first-order valence-electron chi connectivity index (χ1n) is 3.96. The molecule has 0 aliphatic heterocycles. The Morgan fingerprint density at radius 2 is 1.71 bits per heavy atom.